The fourth-order valence-electron chi connectivity index (χ4n) is 7.37. The molecule has 0 rings (SSSR count). The van der Waals surface area contributed by atoms with Crippen LogP contribution in [0.2, 0.25) is 0 Å². The second-order valence-electron chi connectivity index (χ2n) is 16.8. The predicted molar refractivity (Wildman–Crippen MR) is 239 cm³/mol. The van der Waals surface area contributed by atoms with Crippen molar-refractivity contribution in [1.29, 1.82) is 0 Å². The van der Waals surface area contributed by atoms with E-state index < -0.39 is 32.5 Å². The number of ether oxygens (including phenoxy) is 2. The standard InChI is InChI=1S/C48H93O8P/c1-3-5-7-9-11-13-15-17-19-21-23-25-27-29-31-33-35-37-39-41-43-48(50)56-46(45-55-57(51,52)53)44-54-47(49)42-40-38-36-34-32-30-28-26-24-22-20-18-16-14-12-10-8-6-4-2/h18,20,46H,3-17,19,21-45H2,1-2H3,(H2,51,52,53)/b20-18+/t46-/m1/s1. The molecule has 9 heteroatoms. The minimum atomic E-state index is -4.75. The van der Waals surface area contributed by atoms with Crippen LogP contribution in [0.4, 0.5) is 0 Å². The molecule has 0 amide bonds. The Balaban J connectivity index is 3.80. The van der Waals surface area contributed by atoms with Crippen molar-refractivity contribution in [1.82, 2.24) is 0 Å². The van der Waals surface area contributed by atoms with Gasteiger partial charge in [0, 0.05) is 12.8 Å². The van der Waals surface area contributed by atoms with Crippen LogP contribution >= 0.6 is 7.82 Å². The van der Waals surface area contributed by atoms with E-state index in [2.05, 4.69) is 30.5 Å². The molecular formula is C48H93O8P. The smallest absolute Gasteiger partial charge is 0.462 e. The van der Waals surface area contributed by atoms with Crippen molar-refractivity contribution in [2.24, 2.45) is 0 Å². The molecule has 2 N–H and O–H groups in total. The summed E-state index contributed by atoms with van der Waals surface area (Å²) in [6.45, 7) is 3.73. The summed E-state index contributed by atoms with van der Waals surface area (Å²) in [5, 5.41) is 0. The summed E-state index contributed by atoms with van der Waals surface area (Å²) in [7, 11) is -4.75. The zero-order chi connectivity index (χ0) is 41.8. The molecule has 57 heavy (non-hydrogen) atoms. The lowest BCUT2D eigenvalue weighted by molar-refractivity contribution is -0.161. The number of carbonyl (C=O) groups excluding carboxylic acids is 2. The topological polar surface area (TPSA) is 119 Å². The summed E-state index contributed by atoms with van der Waals surface area (Å²) >= 11 is 0. The normalized spacial score (nSPS) is 12.4. The zero-order valence-electron chi connectivity index (χ0n) is 37.5. The summed E-state index contributed by atoms with van der Waals surface area (Å²) < 4.78 is 26.5. The largest absolute Gasteiger partial charge is 0.469 e. The molecule has 0 bridgehead atoms. The van der Waals surface area contributed by atoms with E-state index in [9.17, 15) is 14.2 Å². The molecule has 0 radical (unpaired) electrons. The van der Waals surface area contributed by atoms with Crippen LogP contribution in [-0.2, 0) is 28.2 Å². The number of hydrogen-bond acceptors (Lipinski definition) is 6. The fourth-order valence-corrected chi connectivity index (χ4v) is 7.73. The molecule has 0 aromatic heterocycles. The molecule has 0 unspecified atom stereocenters. The highest BCUT2D eigenvalue weighted by molar-refractivity contribution is 7.46. The Morgan fingerprint density at radius 1 is 0.439 bits per heavy atom. The van der Waals surface area contributed by atoms with Gasteiger partial charge in [-0.25, -0.2) is 4.57 Å². The van der Waals surface area contributed by atoms with Crippen LogP contribution in [0.3, 0.4) is 0 Å². The molecule has 0 aliphatic rings. The number of hydrogen-bond donors (Lipinski definition) is 2. The third-order valence-corrected chi connectivity index (χ3v) is 11.5. The summed E-state index contributed by atoms with van der Waals surface area (Å²) in [6.07, 6.45) is 50.8. The van der Waals surface area contributed by atoms with Gasteiger partial charge in [-0.2, -0.15) is 0 Å². The highest BCUT2D eigenvalue weighted by atomic mass is 31.2. The van der Waals surface area contributed by atoms with Crippen LogP contribution in [0.1, 0.15) is 264 Å². The first-order chi connectivity index (χ1) is 27.8. The number of rotatable bonds is 46. The van der Waals surface area contributed by atoms with Gasteiger partial charge in [-0.1, -0.05) is 225 Å². The van der Waals surface area contributed by atoms with Gasteiger partial charge >= 0.3 is 19.8 Å². The third-order valence-electron chi connectivity index (χ3n) is 11.0. The van der Waals surface area contributed by atoms with Crippen LogP contribution in [0.25, 0.3) is 0 Å². The van der Waals surface area contributed by atoms with Gasteiger partial charge < -0.3 is 19.3 Å². The number of esters is 2. The minimum absolute atomic E-state index is 0.218. The van der Waals surface area contributed by atoms with E-state index in [0.29, 0.717) is 6.42 Å². The van der Waals surface area contributed by atoms with E-state index in [1.807, 2.05) is 0 Å². The molecular weight excluding hydrogens is 735 g/mol. The molecule has 1 atom stereocenters. The summed E-state index contributed by atoms with van der Waals surface area (Å²) in [5.41, 5.74) is 0. The molecule has 0 aliphatic carbocycles. The van der Waals surface area contributed by atoms with Crippen LogP contribution in [0, 0.1) is 0 Å². The summed E-state index contributed by atoms with van der Waals surface area (Å²) in [4.78, 5) is 43.0. The first-order valence-electron chi connectivity index (χ1n) is 24.5. The van der Waals surface area contributed by atoms with E-state index in [0.717, 1.165) is 32.1 Å². The Labute approximate surface area is 352 Å². The van der Waals surface area contributed by atoms with Crippen molar-refractivity contribution in [3.63, 3.8) is 0 Å². The Hall–Kier alpha value is -1.21. The predicted octanol–water partition coefficient (Wildman–Crippen LogP) is 15.4. The Morgan fingerprint density at radius 2 is 0.737 bits per heavy atom. The zero-order valence-corrected chi connectivity index (χ0v) is 38.4. The minimum Gasteiger partial charge on any atom is -0.462 e. The Morgan fingerprint density at radius 3 is 1.07 bits per heavy atom. The third kappa shape index (κ3) is 47.3. The lowest BCUT2D eigenvalue weighted by Gasteiger charge is -2.18. The van der Waals surface area contributed by atoms with Gasteiger partial charge in [-0.05, 0) is 38.5 Å². The SMILES string of the molecule is CCCCCCCC/C=C/CCCCCCCCCCCC(=O)OC[C@H](COP(=O)(O)O)OC(=O)CCCCCCCCCCCCCCCCCCCCCC. The van der Waals surface area contributed by atoms with Gasteiger partial charge in [-0.3, -0.25) is 14.1 Å². The molecule has 0 saturated heterocycles. The molecule has 0 aromatic rings. The molecule has 338 valence electrons. The number of phosphoric acid groups is 1. The maximum atomic E-state index is 12.5. The maximum Gasteiger partial charge on any atom is 0.469 e. The van der Waals surface area contributed by atoms with Crippen LogP contribution in [-0.4, -0.2) is 41.0 Å². The molecule has 0 spiro atoms. The van der Waals surface area contributed by atoms with Gasteiger partial charge in [-0.15, -0.1) is 0 Å². The molecule has 0 aliphatic heterocycles. The molecule has 0 fully saturated rings. The lowest BCUT2D eigenvalue weighted by atomic mass is 10.0. The van der Waals surface area contributed by atoms with Gasteiger partial charge in [0.2, 0.25) is 0 Å². The van der Waals surface area contributed by atoms with Crippen LogP contribution in [0.5, 0.6) is 0 Å². The number of phosphoric ester groups is 1. The van der Waals surface area contributed by atoms with E-state index >= 15 is 0 Å². The second kappa shape index (κ2) is 44.3. The van der Waals surface area contributed by atoms with Gasteiger partial charge in [0.15, 0.2) is 6.10 Å². The molecule has 0 heterocycles. The Kier molecular flexibility index (Phi) is 43.4. The van der Waals surface area contributed by atoms with Gasteiger partial charge in [0.1, 0.15) is 6.61 Å². The second-order valence-corrected chi connectivity index (χ2v) is 18.0. The summed E-state index contributed by atoms with van der Waals surface area (Å²) in [5.74, 6) is -0.870. The molecule has 0 aromatic carbocycles. The highest BCUT2D eigenvalue weighted by Gasteiger charge is 2.23. The first-order valence-corrected chi connectivity index (χ1v) is 26.0. The number of allylic oxidation sites excluding steroid dienone is 2. The maximum absolute atomic E-state index is 12.5. The summed E-state index contributed by atoms with van der Waals surface area (Å²) in [6, 6.07) is 0. The molecule has 0 saturated carbocycles. The van der Waals surface area contributed by atoms with E-state index in [1.165, 1.54) is 199 Å². The van der Waals surface area contributed by atoms with Crippen molar-refractivity contribution in [2.75, 3.05) is 13.2 Å². The van der Waals surface area contributed by atoms with Crippen molar-refractivity contribution in [2.45, 2.75) is 270 Å². The van der Waals surface area contributed by atoms with Crippen LogP contribution < -0.4 is 0 Å². The van der Waals surface area contributed by atoms with Gasteiger partial charge in [0.25, 0.3) is 0 Å². The fraction of sp³-hybridized carbons (Fsp3) is 0.917. The average Bonchev–Trinajstić information content (AvgIpc) is 3.18. The quantitative estimate of drug-likeness (QED) is 0.0269. The van der Waals surface area contributed by atoms with Crippen molar-refractivity contribution in [3.05, 3.63) is 12.2 Å². The van der Waals surface area contributed by atoms with Crippen molar-refractivity contribution in [3.8, 4) is 0 Å². The van der Waals surface area contributed by atoms with Crippen molar-refractivity contribution < 1.29 is 37.9 Å². The van der Waals surface area contributed by atoms with Gasteiger partial charge in [0.05, 0.1) is 6.61 Å². The highest BCUT2D eigenvalue weighted by Crippen LogP contribution is 2.36. The van der Waals surface area contributed by atoms with Crippen LogP contribution in [0.15, 0.2) is 12.2 Å². The lowest BCUT2D eigenvalue weighted by Crippen LogP contribution is -2.29. The number of unbranched alkanes of at least 4 members (excludes halogenated alkanes) is 34. The Bertz CT molecular complexity index is 935. The molecule has 8 nitrogen and oxygen atoms in total. The average molecular weight is 829 g/mol. The monoisotopic (exact) mass is 829 g/mol. The first kappa shape index (κ1) is 55.8. The van der Waals surface area contributed by atoms with Crippen molar-refractivity contribution >= 4 is 19.8 Å². The van der Waals surface area contributed by atoms with E-state index in [4.69, 9.17) is 19.3 Å². The van der Waals surface area contributed by atoms with E-state index in [-0.39, 0.29) is 19.4 Å². The number of carbonyl (C=O) groups is 2. The van der Waals surface area contributed by atoms with E-state index in [1.54, 1.807) is 0 Å².